The Hall–Kier alpha value is -1.83. The van der Waals surface area contributed by atoms with Crippen molar-refractivity contribution < 1.29 is 14.7 Å². The van der Waals surface area contributed by atoms with Gasteiger partial charge in [0, 0.05) is 26.7 Å². The molecule has 3 amide bonds. The van der Waals surface area contributed by atoms with Gasteiger partial charge in [-0.05, 0) is 18.8 Å². The Balaban J connectivity index is 2.20. The Morgan fingerprint density at radius 3 is 2.73 bits per heavy atom. The van der Waals surface area contributed by atoms with Crippen LogP contribution in [-0.4, -0.2) is 71.8 Å². The van der Waals surface area contributed by atoms with E-state index in [-0.39, 0.29) is 12.5 Å². The number of aliphatic imine (C=N–C) groups is 1. The molecule has 3 N–H and O–H groups in total. The Morgan fingerprint density at radius 1 is 1.36 bits per heavy atom. The summed E-state index contributed by atoms with van der Waals surface area (Å²) in [6.07, 6.45) is 1.09. The highest BCUT2D eigenvalue weighted by atomic mass is 16.3. The molecule has 124 valence electrons. The number of likely N-dealkylation sites (N-methyl/N-ethyl adjacent to an activating group) is 1. The lowest BCUT2D eigenvalue weighted by Crippen LogP contribution is -2.64. The van der Waals surface area contributed by atoms with Crippen LogP contribution in [0.4, 0.5) is 4.79 Å². The van der Waals surface area contributed by atoms with Gasteiger partial charge in [-0.3, -0.25) is 15.1 Å². The van der Waals surface area contributed by atoms with Crippen LogP contribution in [0.5, 0.6) is 0 Å². The first-order valence-electron chi connectivity index (χ1n) is 7.71. The van der Waals surface area contributed by atoms with E-state index in [2.05, 4.69) is 29.5 Å². The number of carbonyl (C=O) groups is 2. The van der Waals surface area contributed by atoms with Gasteiger partial charge in [0.15, 0.2) is 12.0 Å². The zero-order valence-corrected chi connectivity index (χ0v) is 13.4. The van der Waals surface area contributed by atoms with E-state index >= 15 is 0 Å². The number of hydrogen-bond donors (Lipinski definition) is 3. The van der Waals surface area contributed by atoms with Crippen LogP contribution in [0.15, 0.2) is 4.99 Å². The normalized spacial score (nSPS) is 26.5. The lowest BCUT2D eigenvalue weighted by atomic mass is 10.1. The topological polar surface area (TPSA) is 97.3 Å². The fraction of sp³-hybridized carbons (Fsp3) is 0.786. The zero-order chi connectivity index (χ0) is 16.3. The molecule has 2 aliphatic heterocycles. The van der Waals surface area contributed by atoms with Crippen LogP contribution in [0.3, 0.4) is 0 Å². The molecule has 2 unspecified atom stereocenters. The number of rotatable bonds is 6. The highest BCUT2D eigenvalue weighted by Gasteiger charge is 2.49. The SMILES string of the molecule is CC(C)CCN1C(=NCCCO)NC2C1C(=O)NC(=O)N2C. The fourth-order valence-corrected chi connectivity index (χ4v) is 2.62. The second-order valence-electron chi connectivity index (χ2n) is 6.10. The lowest BCUT2D eigenvalue weighted by molar-refractivity contribution is -0.127. The van der Waals surface area contributed by atoms with Crippen LogP contribution in [0, 0.1) is 5.92 Å². The average molecular weight is 311 g/mol. The van der Waals surface area contributed by atoms with Crippen LogP contribution in [0.1, 0.15) is 26.7 Å². The molecule has 0 bridgehead atoms. The van der Waals surface area contributed by atoms with Gasteiger partial charge >= 0.3 is 6.03 Å². The van der Waals surface area contributed by atoms with E-state index in [4.69, 9.17) is 5.11 Å². The molecule has 0 aromatic heterocycles. The highest BCUT2D eigenvalue weighted by molar-refractivity contribution is 6.04. The summed E-state index contributed by atoms with van der Waals surface area (Å²) in [4.78, 5) is 31.8. The largest absolute Gasteiger partial charge is 0.396 e. The molecule has 2 fully saturated rings. The Morgan fingerprint density at radius 2 is 2.09 bits per heavy atom. The number of aliphatic hydroxyl groups excluding tert-OH is 1. The lowest BCUT2D eigenvalue weighted by Gasteiger charge is -2.35. The summed E-state index contributed by atoms with van der Waals surface area (Å²) < 4.78 is 0. The maximum atomic E-state index is 12.2. The minimum atomic E-state index is -0.464. The standard InChI is InChI=1S/C14H25N5O3/c1-9(2)5-7-19-10-11(16-13(19)15-6-4-8-20)18(3)14(22)17-12(10)21/h9-11,20H,4-8H2,1-3H3,(H,15,16)(H,17,21,22). The third-order valence-corrected chi connectivity index (χ3v) is 3.95. The number of fused-ring (bicyclic) bond motifs is 1. The van der Waals surface area contributed by atoms with Crippen molar-refractivity contribution in [2.24, 2.45) is 10.9 Å². The van der Waals surface area contributed by atoms with Gasteiger partial charge in [0.2, 0.25) is 0 Å². The summed E-state index contributed by atoms with van der Waals surface area (Å²) >= 11 is 0. The summed E-state index contributed by atoms with van der Waals surface area (Å²) in [6.45, 7) is 5.50. The molecule has 2 saturated heterocycles. The van der Waals surface area contributed by atoms with Crippen LogP contribution in [-0.2, 0) is 4.79 Å². The third kappa shape index (κ3) is 3.32. The van der Waals surface area contributed by atoms with Crippen molar-refractivity contribution >= 4 is 17.9 Å². The number of guanidine groups is 1. The van der Waals surface area contributed by atoms with Gasteiger partial charge in [-0.2, -0.15) is 0 Å². The number of nitrogens with zero attached hydrogens (tertiary/aromatic N) is 3. The average Bonchev–Trinajstić information content (AvgIpc) is 2.82. The number of amides is 3. The van der Waals surface area contributed by atoms with E-state index in [1.165, 1.54) is 4.90 Å². The summed E-state index contributed by atoms with van der Waals surface area (Å²) in [6, 6.07) is -0.867. The van der Waals surface area contributed by atoms with Crippen molar-refractivity contribution in [3.05, 3.63) is 0 Å². The molecule has 0 radical (unpaired) electrons. The van der Waals surface area contributed by atoms with E-state index < -0.39 is 18.2 Å². The molecule has 0 aliphatic carbocycles. The van der Waals surface area contributed by atoms with Crippen molar-refractivity contribution in [3.63, 3.8) is 0 Å². The van der Waals surface area contributed by atoms with Gasteiger partial charge < -0.3 is 20.2 Å². The van der Waals surface area contributed by atoms with E-state index in [0.717, 1.165) is 6.42 Å². The van der Waals surface area contributed by atoms with E-state index in [0.29, 0.717) is 31.4 Å². The summed E-state index contributed by atoms with van der Waals surface area (Å²) in [7, 11) is 1.66. The van der Waals surface area contributed by atoms with Gasteiger partial charge in [-0.25, -0.2) is 4.79 Å². The second kappa shape index (κ2) is 6.95. The molecule has 0 aromatic rings. The minimum Gasteiger partial charge on any atom is -0.396 e. The van der Waals surface area contributed by atoms with Gasteiger partial charge in [-0.1, -0.05) is 13.8 Å². The van der Waals surface area contributed by atoms with Crippen molar-refractivity contribution in [2.45, 2.75) is 38.9 Å². The second-order valence-corrected chi connectivity index (χ2v) is 6.10. The molecule has 2 atom stereocenters. The predicted octanol–water partition coefficient (Wildman–Crippen LogP) is -0.448. The predicted molar refractivity (Wildman–Crippen MR) is 82.2 cm³/mol. The van der Waals surface area contributed by atoms with Gasteiger partial charge in [-0.15, -0.1) is 0 Å². The van der Waals surface area contributed by atoms with E-state index in [1.807, 2.05) is 4.90 Å². The number of carbonyl (C=O) groups excluding carboxylic acids is 2. The molecule has 8 heteroatoms. The van der Waals surface area contributed by atoms with Crippen LogP contribution in [0.2, 0.25) is 0 Å². The first kappa shape index (κ1) is 16.5. The molecular formula is C14H25N5O3. The number of imide groups is 1. The van der Waals surface area contributed by atoms with Crippen molar-refractivity contribution in [1.82, 2.24) is 20.4 Å². The zero-order valence-electron chi connectivity index (χ0n) is 13.4. The Bertz CT molecular complexity index is 465. The summed E-state index contributed by atoms with van der Waals surface area (Å²) in [5.41, 5.74) is 0. The third-order valence-electron chi connectivity index (χ3n) is 3.95. The van der Waals surface area contributed by atoms with Crippen molar-refractivity contribution in [1.29, 1.82) is 0 Å². The van der Waals surface area contributed by atoms with E-state index in [9.17, 15) is 9.59 Å². The van der Waals surface area contributed by atoms with E-state index in [1.54, 1.807) is 7.05 Å². The Kier molecular flexibility index (Phi) is 5.23. The first-order chi connectivity index (χ1) is 10.5. The fourth-order valence-electron chi connectivity index (χ4n) is 2.62. The molecule has 0 aromatic carbocycles. The first-order valence-corrected chi connectivity index (χ1v) is 7.71. The summed E-state index contributed by atoms with van der Waals surface area (Å²) in [5, 5.41) is 14.4. The molecule has 0 saturated carbocycles. The molecular weight excluding hydrogens is 286 g/mol. The molecule has 8 nitrogen and oxygen atoms in total. The number of aliphatic hydroxyl groups is 1. The molecule has 2 heterocycles. The van der Waals surface area contributed by atoms with Gasteiger partial charge in [0.1, 0.15) is 6.17 Å². The minimum absolute atomic E-state index is 0.0779. The quantitative estimate of drug-likeness (QED) is 0.577. The number of urea groups is 1. The summed E-state index contributed by atoms with van der Waals surface area (Å²) in [5.74, 6) is 0.835. The van der Waals surface area contributed by atoms with Gasteiger partial charge in [0.25, 0.3) is 5.91 Å². The molecule has 2 aliphatic rings. The van der Waals surface area contributed by atoms with Crippen molar-refractivity contribution in [2.75, 3.05) is 26.7 Å². The molecule has 2 rings (SSSR count). The smallest absolute Gasteiger partial charge is 0.325 e. The van der Waals surface area contributed by atoms with Crippen LogP contribution < -0.4 is 10.6 Å². The molecule has 22 heavy (non-hydrogen) atoms. The van der Waals surface area contributed by atoms with Crippen LogP contribution >= 0.6 is 0 Å². The van der Waals surface area contributed by atoms with Crippen molar-refractivity contribution in [3.8, 4) is 0 Å². The van der Waals surface area contributed by atoms with Gasteiger partial charge in [0.05, 0.1) is 0 Å². The number of hydrogen-bond acceptors (Lipinski definition) is 4. The maximum Gasteiger partial charge on any atom is 0.325 e. The van der Waals surface area contributed by atoms with Crippen LogP contribution in [0.25, 0.3) is 0 Å². The highest BCUT2D eigenvalue weighted by Crippen LogP contribution is 2.21. The number of nitrogens with one attached hydrogen (secondary N) is 2. The Labute approximate surface area is 130 Å². The maximum absolute atomic E-state index is 12.2. The molecule has 0 spiro atoms. The monoisotopic (exact) mass is 311 g/mol.